The van der Waals surface area contributed by atoms with Gasteiger partial charge in [-0.05, 0) is 6.42 Å². The Morgan fingerprint density at radius 1 is 0.657 bits per heavy atom. The normalized spacial score (nSPS) is 12.9. The Labute approximate surface area is 209 Å². The Hall–Kier alpha value is -1.28. The minimum absolute atomic E-state index is 0.123. The van der Waals surface area contributed by atoms with Crippen LogP contribution in [-0.4, -0.2) is 68.9 Å². The fourth-order valence-electron chi connectivity index (χ4n) is 3.31. The van der Waals surface area contributed by atoms with Gasteiger partial charge in [-0.15, -0.1) is 0 Å². The van der Waals surface area contributed by atoms with Crippen molar-refractivity contribution in [3.05, 3.63) is 0 Å². The molecule has 13 heteroatoms. The Balaban J connectivity index is 4.05. The summed E-state index contributed by atoms with van der Waals surface area (Å²) in [6, 6.07) is 0. The van der Waals surface area contributed by atoms with Crippen LogP contribution in [0.2, 0.25) is 0 Å². The van der Waals surface area contributed by atoms with Crippen LogP contribution < -0.4 is 0 Å². The molecule has 1 unspecified atom stereocenters. The highest BCUT2D eigenvalue weighted by atomic mass is 32.2. The number of ether oxygens (including phenoxy) is 3. The molecule has 0 spiro atoms. The van der Waals surface area contributed by atoms with Crippen LogP contribution in [-0.2, 0) is 44.0 Å². The summed E-state index contributed by atoms with van der Waals surface area (Å²) < 4.78 is 75.0. The molecule has 0 amide bonds. The van der Waals surface area contributed by atoms with Crippen LogP contribution in [0.5, 0.6) is 0 Å². The van der Waals surface area contributed by atoms with Crippen LogP contribution in [0, 0.1) is 0 Å². The van der Waals surface area contributed by atoms with Crippen molar-refractivity contribution >= 4 is 32.2 Å². The minimum Gasteiger partial charge on any atom is -0.458 e. The summed E-state index contributed by atoms with van der Waals surface area (Å²) in [7, 11) is -9.22. The summed E-state index contributed by atoms with van der Waals surface area (Å²) in [5, 5.41) is 0. The zero-order valence-electron chi connectivity index (χ0n) is 20.7. The summed E-state index contributed by atoms with van der Waals surface area (Å²) in [6.45, 7) is 1.64. The molecule has 0 radical (unpaired) electrons. The molecule has 0 heterocycles. The average molecular weight is 547 g/mol. The van der Waals surface area contributed by atoms with E-state index in [1.54, 1.807) is 0 Å². The summed E-state index contributed by atoms with van der Waals surface area (Å²) in [6.07, 6.45) is 14.9. The van der Waals surface area contributed by atoms with Gasteiger partial charge in [-0.3, -0.25) is 18.7 Å². The lowest BCUT2D eigenvalue weighted by molar-refractivity contribution is -0.191. The third-order valence-corrected chi connectivity index (χ3v) is 6.25. The van der Waals surface area contributed by atoms with Gasteiger partial charge in [0, 0.05) is 0 Å². The second-order valence-corrected chi connectivity index (χ2v) is 11.4. The summed E-state index contributed by atoms with van der Waals surface area (Å²) >= 11 is 0. The molecule has 2 N–H and O–H groups in total. The van der Waals surface area contributed by atoms with Crippen LogP contribution in [0.25, 0.3) is 0 Å². The molecular weight excluding hydrogens is 504 g/mol. The highest BCUT2D eigenvalue weighted by molar-refractivity contribution is 7.86. The van der Waals surface area contributed by atoms with Crippen LogP contribution >= 0.6 is 0 Å². The number of carbonyl (C=O) groups is 2. The smallest absolute Gasteiger partial charge is 0.326 e. The van der Waals surface area contributed by atoms with E-state index in [0.717, 1.165) is 25.7 Å². The second-order valence-electron chi connectivity index (χ2n) is 8.52. The zero-order chi connectivity index (χ0) is 26.6. The van der Waals surface area contributed by atoms with Crippen molar-refractivity contribution < 1.29 is 49.7 Å². The van der Waals surface area contributed by atoms with E-state index in [9.17, 15) is 26.4 Å². The van der Waals surface area contributed by atoms with Gasteiger partial charge in [0.2, 0.25) is 6.29 Å². The van der Waals surface area contributed by atoms with Gasteiger partial charge < -0.3 is 14.2 Å². The van der Waals surface area contributed by atoms with Gasteiger partial charge in [0.05, 0.1) is 6.61 Å². The van der Waals surface area contributed by atoms with E-state index >= 15 is 0 Å². The first-order valence-electron chi connectivity index (χ1n) is 12.3. The van der Waals surface area contributed by atoms with Crippen LogP contribution in [0.15, 0.2) is 0 Å². The molecule has 35 heavy (non-hydrogen) atoms. The van der Waals surface area contributed by atoms with E-state index in [-0.39, 0.29) is 6.61 Å². The van der Waals surface area contributed by atoms with Crippen molar-refractivity contribution in [1.29, 1.82) is 0 Å². The molecule has 0 fully saturated rings. The quantitative estimate of drug-likeness (QED) is 0.0829. The van der Waals surface area contributed by atoms with Gasteiger partial charge in [-0.25, -0.2) is 0 Å². The maximum absolute atomic E-state index is 11.6. The standard InChI is InChI=1S/C22H42O11S2/c1-2-3-4-5-6-7-8-9-10-11-12-13-14-15-16-31-22(33-21(24)19-35(28,29)30)17-32-20(23)18-34(25,26)27/h22H,2-19H2,1H3,(H,25,26,27)(H,28,29,30). The maximum Gasteiger partial charge on any atom is 0.326 e. The van der Waals surface area contributed by atoms with E-state index < -0.39 is 56.6 Å². The molecule has 0 aromatic carbocycles. The molecule has 11 nitrogen and oxygen atoms in total. The van der Waals surface area contributed by atoms with E-state index in [0.29, 0.717) is 6.42 Å². The molecule has 0 aromatic heterocycles. The Morgan fingerprint density at radius 3 is 1.49 bits per heavy atom. The number of hydrogen-bond donors (Lipinski definition) is 2. The van der Waals surface area contributed by atoms with Crippen molar-refractivity contribution in [2.75, 3.05) is 24.7 Å². The lowest BCUT2D eigenvalue weighted by atomic mass is 10.0. The predicted molar refractivity (Wildman–Crippen MR) is 130 cm³/mol. The Kier molecular flexibility index (Phi) is 19.1. The first kappa shape index (κ1) is 33.7. The monoisotopic (exact) mass is 546 g/mol. The first-order valence-corrected chi connectivity index (χ1v) is 15.5. The number of esters is 2. The van der Waals surface area contributed by atoms with Gasteiger partial charge in [0.1, 0.15) is 0 Å². The van der Waals surface area contributed by atoms with Gasteiger partial charge in [-0.2, -0.15) is 16.8 Å². The molecule has 0 saturated carbocycles. The Morgan fingerprint density at radius 2 is 1.06 bits per heavy atom. The lowest BCUT2D eigenvalue weighted by Crippen LogP contribution is -2.32. The van der Waals surface area contributed by atoms with E-state index in [1.165, 1.54) is 57.8 Å². The van der Waals surface area contributed by atoms with Crippen molar-refractivity contribution in [2.45, 2.75) is 103 Å². The fourth-order valence-corrected chi connectivity index (χ4v) is 4.06. The predicted octanol–water partition coefficient (Wildman–Crippen LogP) is 3.67. The molecule has 0 aliphatic rings. The summed E-state index contributed by atoms with van der Waals surface area (Å²) in [5.41, 5.74) is 0. The van der Waals surface area contributed by atoms with Crippen LogP contribution in [0.4, 0.5) is 0 Å². The molecule has 0 bridgehead atoms. The SMILES string of the molecule is CCCCCCCCCCCCCCCCOC(COC(=O)CS(=O)(=O)O)OC(=O)CS(=O)(=O)O. The molecule has 0 rings (SSSR count). The molecule has 0 aromatic rings. The lowest BCUT2D eigenvalue weighted by Gasteiger charge is -2.18. The van der Waals surface area contributed by atoms with Crippen molar-refractivity contribution in [3.8, 4) is 0 Å². The molecular formula is C22H42O11S2. The molecule has 1 atom stereocenters. The molecule has 0 aliphatic carbocycles. The second kappa shape index (κ2) is 19.9. The Bertz CT molecular complexity index is 779. The van der Waals surface area contributed by atoms with E-state index in [2.05, 4.69) is 11.7 Å². The highest BCUT2D eigenvalue weighted by Crippen LogP contribution is 2.13. The van der Waals surface area contributed by atoms with Crippen LogP contribution in [0.3, 0.4) is 0 Å². The van der Waals surface area contributed by atoms with Crippen molar-refractivity contribution in [3.63, 3.8) is 0 Å². The zero-order valence-corrected chi connectivity index (χ0v) is 22.3. The largest absolute Gasteiger partial charge is 0.458 e. The van der Waals surface area contributed by atoms with Crippen molar-refractivity contribution in [2.24, 2.45) is 0 Å². The van der Waals surface area contributed by atoms with E-state index in [1.807, 2.05) is 0 Å². The molecule has 0 saturated heterocycles. The number of carbonyl (C=O) groups excluding carboxylic acids is 2. The topological polar surface area (TPSA) is 171 Å². The molecule has 0 aliphatic heterocycles. The maximum atomic E-state index is 11.6. The van der Waals surface area contributed by atoms with Crippen molar-refractivity contribution in [1.82, 2.24) is 0 Å². The number of hydrogen-bond acceptors (Lipinski definition) is 9. The van der Waals surface area contributed by atoms with Gasteiger partial charge in [-0.1, -0.05) is 90.4 Å². The fraction of sp³-hybridized carbons (Fsp3) is 0.909. The number of unbranched alkanes of at least 4 members (excludes halogenated alkanes) is 13. The van der Waals surface area contributed by atoms with Gasteiger partial charge >= 0.3 is 11.9 Å². The summed E-state index contributed by atoms with van der Waals surface area (Å²) in [5.74, 6) is -5.24. The summed E-state index contributed by atoms with van der Waals surface area (Å²) in [4.78, 5) is 23.0. The third-order valence-electron chi connectivity index (χ3n) is 5.05. The van der Waals surface area contributed by atoms with Gasteiger partial charge in [0.25, 0.3) is 20.2 Å². The van der Waals surface area contributed by atoms with Crippen LogP contribution in [0.1, 0.15) is 96.8 Å². The third kappa shape index (κ3) is 25.6. The van der Waals surface area contributed by atoms with Gasteiger partial charge in [0.15, 0.2) is 18.1 Å². The highest BCUT2D eigenvalue weighted by Gasteiger charge is 2.22. The molecule has 208 valence electrons. The van der Waals surface area contributed by atoms with E-state index in [4.69, 9.17) is 18.6 Å². The number of rotatable bonds is 23. The minimum atomic E-state index is -4.63. The average Bonchev–Trinajstić information content (AvgIpc) is 2.72. The first-order chi connectivity index (χ1) is 16.4.